The van der Waals surface area contributed by atoms with Crippen molar-refractivity contribution in [2.75, 3.05) is 12.3 Å². The molecule has 2 rings (SSSR count). The van der Waals surface area contributed by atoms with Crippen LogP contribution in [0.2, 0.25) is 10.0 Å². The molecule has 0 bridgehead atoms. The zero-order valence-electron chi connectivity index (χ0n) is 12.4. The first kappa shape index (κ1) is 17.6. The van der Waals surface area contributed by atoms with Crippen LogP contribution in [0, 0.1) is 0 Å². The van der Waals surface area contributed by atoms with Crippen molar-refractivity contribution < 1.29 is 10.4 Å². The van der Waals surface area contributed by atoms with E-state index in [1.54, 1.807) is 11.8 Å². The standard InChI is InChI=1S/C17H19Cl2NOS/c1-17(21,12-22-16-5-3-2-4-15(16)19)11-20-10-13-6-8-14(18)9-7-13/h2-9,20-21H,10-12H2,1H3/p+1/t17-/m0/s1. The van der Waals surface area contributed by atoms with Crippen molar-refractivity contribution in [1.82, 2.24) is 0 Å². The molecule has 0 saturated heterocycles. The molecule has 0 saturated carbocycles. The predicted octanol–water partition coefficient (Wildman–Crippen LogP) is 3.60. The second kappa shape index (κ2) is 8.23. The summed E-state index contributed by atoms with van der Waals surface area (Å²) in [6, 6.07) is 15.5. The third-order valence-corrected chi connectivity index (χ3v) is 5.38. The highest BCUT2D eigenvalue weighted by atomic mass is 35.5. The molecule has 2 nitrogen and oxygen atoms in total. The van der Waals surface area contributed by atoms with E-state index in [1.807, 2.05) is 55.5 Å². The lowest BCUT2D eigenvalue weighted by Crippen LogP contribution is -2.86. The van der Waals surface area contributed by atoms with E-state index in [4.69, 9.17) is 23.2 Å². The summed E-state index contributed by atoms with van der Waals surface area (Å²) in [5.74, 6) is 0.605. The molecule has 3 N–H and O–H groups in total. The van der Waals surface area contributed by atoms with E-state index in [0.29, 0.717) is 12.3 Å². The van der Waals surface area contributed by atoms with E-state index in [0.717, 1.165) is 21.5 Å². The molecule has 0 fully saturated rings. The second-order valence-electron chi connectivity index (χ2n) is 5.54. The number of aliphatic hydroxyl groups is 1. The lowest BCUT2D eigenvalue weighted by Gasteiger charge is -2.21. The van der Waals surface area contributed by atoms with Gasteiger partial charge in [-0.05, 0) is 31.2 Å². The second-order valence-corrected chi connectivity index (χ2v) is 7.40. The van der Waals surface area contributed by atoms with Crippen LogP contribution in [0.3, 0.4) is 0 Å². The van der Waals surface area contributed by atoms with Gasteiger partial charge in [-0.2, -0.15) is 0 Å². The number of halogens is 2. The molecule has 0 aliphatic carbocycles. The minimum absolute atomic E-state index is 0.605. The Hall–Kier alpha value is -0.710. The maximum absolute atomic E-state index is 10.5. The fourth-order valence-electron chi connectivity index (χ4n) is 2.02. The van der Waals surface area contributed by atoms with Crippen molar-refractivity contribution in [3.8, 4) is 0 Å². The minimum Gasteiger partial charge on any atom is -0.383 e. The SMILES string of the molecule is C[C@](O)(C[NH2+]Cc1ccc(Cl)cc1)CSc1ccccc1Cl. The molecular weight excluding hydrogens is 337 g/mol. The van der Waals surface area contributed by atoms with E-state index < -0.39 is 5.60 Å². The number of benzene rings is 2. The smallest absolute Gasteiger partial charge is 0.120 e. The minimum atomic E-state index is -0.754. The quantitative estimate of drug-likeness (QED) is 0.743. The summed E-state index contributed by atoms with van der Waals surface area (Å²) in [4.78, 5) is 1.00. The molecule has 22 heavy (non-hydrogen) atoms. The molecular formula is C17H20Cl2NOS+. The Balaban J connectivity index is 1.78. The molecule has 5 heteroatoms. The van der Waals surface area contributed by atoms with Crippen molar-refractivity contribution in [2.24, 2.45) is 0 Å². The molecule has 1 atom stereocenters. The zero-order chi connectivity index (χ0) is 16.0. The van der Waals surface area contributed by atoms with Gasteiger partial charge in [0.15, 0.2) is 0 Å². The Bertz CT molecular complexity index is 602. The summed E-state index contributed by atoms with van der Waals surface area (Å²) >= 11 is 13.6. The average molecular weight is 357 g/mol. The first-order valence-electron chi connectivity index (χ1n) is 7.12. The number of quaternary nitrogens is 1. The van der Waals surface area contributed by atoms with Gasteiger partial charge < -0.3 is 10.4 Å². The van der Waals surface area contributed by atoms with Crippen LogP contribution in [0.4, 0.5) is 0 Å². The van der Waals surface area contributed by atoms with Gasteiger partial charge in [0.25, 0.3) is 0 Å². The summed E-state index contributed by atoms with van der Waals surface area (Å²) in [6.45, 7) is 3.31. The zero-order valence-corrected chi connectivity index (χ0v) is 14.8. The highest BCUT2D eigenvalue weighted by molar-refractivity contribution is 7.99. The van der Waals surface area contributed by atoms with Crippen LogP contribution in [0.5, 0.6) is 0 Å². The maximum Gasteiger partial charge on any atom is 0.120 e. The molecule has 0 heterocycles. The highest BCUT2D eigenvalue weighted by Gasteiger charge is 2.23. The van der Waals surface area contributed by atoms with E-state index in [-0.39, 0.29) is 0 Å². The molecule has 0 aliphatic heterocycles. The number of thioether (sulfide) groups is 1. The van der Waals surface area contributed by atoms with Crippen LogP contribution in [0.15, 0.2) is 53.4 Å². The van der Waals surface area contributed by atoms with Gasteiger partial charge in [-0.1, -0.05) is 47.5 Å². The Kier molecular flexibility index (Phi) is 6.60. The molecule has 2 aromatic rings. The van der Waals surface area contributed by atoms with Crippen LogP contribution in [0.1, 0.15) is 12.5 Å². The highest BCUT2D eigenvalue weighted by Crippen LogP contribution is 2.28. The van der Waals surface area contributed by atoms with Gasteiger partial charge in [-0.25, -0.2) is 0 Å². The van der Waals surface area contributed by atoms with Crippen LogP contribution in [0.25, 0.3) is 0 Å². The Morgan fingerprint density at radius 3 is 2.45 bits per heavy atom. The monoisotopic (exact) mass is 356 g/mol. The van der Waals surface area contributed by atoms with Gasteiger partial charge in [0, 0.05) is 21.2 Å². The van der Waals surface area contributed by atoms with E-state index in [1.165, 1.54) is 5.56 Å². The number of nitrogens with two attached hydrogens (primary N) is 1. The summed E-state index contributed by atoms with van der Waals surface area (Å²) in [7, 11) is 0. The normalized spacial score (nSPS) is 13.8. The van der Waals surface area contributed by atoms with Crippen molar-refractivity contribution in [2.45, 2.75) is 24.0 Å². The Labute approximate surface area is 145 Å². The summed E-state index contributed by atoms with van der Waals surface area (Å²) in [5, 5.41) is 14.1. The van der Waals surface area contributed by atoms with Crippen molar-refractivity contribution in [1.29, 1.82) is 0 Å². The Morgan fingerprint density at radius 2 is 1.77 bits per heavy atom. The topological polar surface area (TPSA) is 36.8 Å². The molecule has 2 aromatic carbocycles. The van der Waals surface area contributed by atoms with Gasteiger partial charge in [0.1, 0.15) is 18.7 Å². The van der Waals surface area contributed by atoms with Gasteiger partial charge in [0.05, 0.1) is 5.02 Å². The molecule has 118 valence electrons. The van der Waals surface area contributed by atoms with Crippen molar-refractivity contribution in [3.05, 3.63) is 64.1 Å². The van der Waals surface area contributed by atoms with E-state index in [9.17, 15) is 5.11 Å². The van der Waals surface area contributed by atoms with E-state index >= 15 is 0 Å². The lowest BCUT2D eigenvalue weighted by molar-refractivity contribution is -0.681. The van der Waals surface area contributed by atoms with Gasteiger partial charge >= 0.3 is 0 Å². The summed E-state index contributed by atoms with van der Waals surface area (Å²) in [5.41, 5.74) is 0.440. The van der Waals surface area contributed by atoms with Crippen LogP contribution < -0.4 is 5.32 Å². The van der Waals surface area contributed by atoms with Crippen molar-refractivity contribution >= 4 is 35.0 Å². The summed E-state index contributed by atoms with van der Waals surface area (Å²) in [6.07, 6.45) is 0. The fourth-order valence-corrected chi connectivity index (χ4v) is 3.41. The van der Waals surface area contributed by atoms with E-state index in [2.05, 4.69) is 5.32 Å². The fraction of sp³-hybridized carbons (Fsp3) is 0.294. The molecule has 0 aromatic heterocycles. The van der Waals surface area contributed by atoms with Crippen molar-refractivity contribution in [3.63, 3.8) is 0 Å². The first-order valence-corrected chi connectivity index (χ1v) is 8.86. The molecule has 0 aliphatic rings. The van der Waals surface area contributed by atoms with Crippen LogP contribution in [-0.4, -0.2) is 23.0 Å². The first-order chi connectivity index (χ1) is 10.5. The van der Waals surface area contributed by atoms with Crippen LogP contribution in [-0.2, 0) is 6.54 Å². The third-order valence-electron chi connectivity index (χ3n) is 3.25. The number of hydrogen-bond acceptors (Lipinski definition) is 2. The molecule has 0 spiro atoms. The molecule has 0 amide bonds. The van der Waals surface area contributed by atoms with Gasteiger partial charge in [-0.3, -0.25) is 0 Å². The van der Waals surface area contributed by atoms with Gasteiger partial charge in [-0.15, -0.1) is 11.8 Å². The third kappa shape index (κ3) is 5.82. The number of hydrogen-bond donors (Lipinski definition) is 2. The average Bonchev–Trinajstić information content (AvgIpc) is 2.48. The molecule has 0 radical (unpaired) electrons. The maximum atomic E-state index is 10.5. The summed E-state index contributed by atoms with van der Waals surface area (Å²) < 4.78 is 0. The van der Waals surface area contributed by atoms with Crippen LogP contribution >= 0.6 is 35.0 Å². The van der Waals surface area contributed by atoms with Gasteiger partial charge in [0.2, 0.25) is 0 Å². The largest absolute Gasteiger partial charge is 0.383 e. The number of rotatable bonds is 7. The predicted molar refractivity (Wildman–Crippen MR) is 94.7 cm³/mol. The Morgan fingerprint density at radius 1 is 1.09 bits per heavy atom. The lowest BCUT2D eigenvalue weighted by atomic mass is 10.1. The molecule has 0 unspecified atom stereocenters.